The van der Waals surface area contributed by atoms with Gasteiger partial charge in [0.05, 0.1) is 6.54 Å². The van der Waals surface area contributed by atoms with Crippen LogP contribution in [0.4, 0.5) is 0 Å². The maximum atomic E-state index is 5.97. The van der Waals surface area contributed by atoms with Gasteiger partial charge in [-0.3, -0.25) is 0 Å². The largest absolute Gasteiger partial charge is 0.492 e. The molecule has 7 heteroatoms. The van der Waals surface area contributed by atoms with Gasteiger partial charge in [0, 0.05) is 29.2 Å². The molecule has 0 aromatic heterocycles. The van der Waals surface area contributed by atoms with E-state index in [0.717, 1.165) is 18.2 Å². The molecule has 0 atom stereocenters. The number of halogens is 2. The van der Waals surface area contributed by atoms with Crippen molar-refractivity contribution in [3.8, 4) is 5.75 Å². The number of thiocarbonyl (C=S) groups is 1. The van der Waals surface area contributed by atoms with Crippen molar-refractivity contribution in [1.29, 1.82) is 0 Å². The number of nitrogens with one attached hydrogen (secondary N) is 1. The first-order valence-electron chi connectivity index (χ1n) is 7.57. The van der Waals surface area contributed by atoms with Gasteiger partial charge in [0.1, 0.15) is 12.4 Å². The molecular weight excluding hydrogens is 353 g/mol. The van der Waals surface area contributed by atoms with Gasteiger partial charge in [0.2, 0.25) is 0 Å². The SMILES string of the molecule is CC(C)N(CCOc1cc(Cl)cc(Cl)c1)C(=S)NCCN(C)C. The lowest BCUT2D eigenvalue weighted by molar-refractivity contribution is 0.245. The van der Waals surface area contributed by atoms with Gasteiger partial charge in [0.25, 0.3) is 0 Å². The van der Waals surface area contributed by atoms with Gasteiger partial charge in [-0.25, -0.2) is 0 Å². The number of ether oxygens (including phenoxy) is 1. The van der Waals surface area contributed by atoms with Crippen molar-refractivity contribution >= 4 is 40.5 Å². The maximum absolute atomic E-state index is 5.97. The van der Waals surface area contributed by atoms with Crippen LogP contribution in [0.2, 0.25) is 10.0 Å². The number of hydrogen-bond donors (Lipinski definition) is 1. The average Bonchev–Trinajstić information content (AvgIpc) is 2.41. The lowest BCUT2D eigenvalue weighted by Crippen LogP contribution is -2.47. The van der Waals surface area contributed by atoms with Crippen molar-refractivity contribution in [3.63, 3.8) is 0 Å². The summed E-state index contributed by atoms with van der Waals surface area (Å²) in [6.07, 6.45) is 0. The quantitative estimate of drug-likeness (QED) is 0.699. The predicted molar refractivity (Wildman–Crippen MR) is 103 cm³/mol. The van der Waals surface area contributed by atoms with Gasteiger partial charge in [-0.15, -0.1) is 0 Å². The first-order valence-corrected chi connectivity index (χ1v) is 8.74. The Hall–Kier alpha value is -0.750. The highest BCUT2D eigenvalue weighted by Crippen LogP contribution is 2.24. The summed E-state index contributed by atoms with van der Waals surface area (Å²) < 4.78 is 5.73. The zero-order valence-electron chi connectivity index (χ0n) is 14.1. The highest BCUT2D eigenvalue weighted by Gasteiger charge is 2.13. The van der Waals surface area contributed by atoms with Crippen molar-refractivity contribution in [2.45, 2.75) is 19.9 Å². The molecule has 0 aliphatic heterocycles. The molecule has 0 heterocycles. The molecule has 0 saturated carbocycles. The molecule has 0 fully saturated rings. The lowest BCUT2D eigenvalue weighted by Gasteiger charge is -2.30. The van der Waals surface area contributed by atoms with Crippen LogP contribution in [0.5, 0.6) is 5.75 Å². The monoisotopic (exact) mass is 377 g/mol. The van der Waals surface area contributed by atoms with Crippen molar-refractivity contribution in [1.82, 2.24) is 15.1 Å². The van der Waals surface area contributed by atoms with E-state index in [-0.39, 0.29) is 0 Å². The molecule has 0 bridgehead atoms. The van der Waals surface area contributed by atoms with Gasteiger partial charge >= 0.3 is 0 Å². The summed E-state index contributed by atoms with van der Waals surface area (Å²) in [6, 6.07) is 5.47. The van der Waals surface area contributed by atoms with Gasteiger partial charge in [-0.2, -0.15) is 0 Å². The Morgan fingerprint density at radius 2 is 1.78 bits per heavy atom. The zero-order valence-corrected chi connectivity index (χ0v) is 16.4. The summed E-state index contributed by atoms with van der Waals surface area (Å²) >= 11 is 17.4. The first-order chi connectivity index (χ1) is 10.8. The number of nitrogens with zero attached hydrogens (tertiary/aromatic N) is 2. The Morgan fingerprint density at radius 1 is 1.17 bits per heavy atom. The normalized spacial score (nSPS) is 11.0. The Kier molecular flexibility index (Phi) is 8.99. The molecule has 1 aromatic rings. The summed E-state index contributed by atoms with van der Waals surface area (Å²) in [4.78, 5) is 4.22. The fourth-order valence-corrected chi connectivity index (χ4v) is 2.87. The molecule has 4 nitrogen and oxygen atoms in total. The molecule has 0 aliphatic carbocycles. The Bertz CT molecular complexity index is 492. The van der Waals surface area contributed by atoms with Crippen molar-refractivity contribution in [2.24, 2.45) is 0 Å². The van der Waals surface area contributed by atoms with E-state index in [2.05, 4.69) is 29.0 Å². The number of rotatable bonds is 8. The fraction of sp³-hybridized carbons (Fsp3) is 0.562. The fourth-order valence-electron chi connectivity index (χ4n) is 1.96. The van der Waals surface area contributed by atoms with E-state index >= 15 is 0 Å². The third-order valence-electron chi connectivity index (χ3n) is 3.16. The van der Waals surface area contributed by atoms with Crippen LogP contribution >= 0.6 is 35.4 Å². The number of benzene rings is 1. The Morgan fingerprint density at radius 3 is 2.30 bits per heavy atom. The van der Waals surface area contributed by atoms with Crippen molar-refractivity contribution in [3.05, 3.63) is 28.2 Å². The van der Waals surface area contributed by atoms with E-state index in [4.69, 9.17) is 40.2 Å². The average molecular weight is 378 g/mol. The summed E-state index contributed by atoms with van der Waals surface area (Å²) in [5.41, 5.74) is 0. The summed E-state index contributed by atoms with van der Waals surface area (Å²) in [5.74, 6) is 0.665. The van der Waals surface area contributed by atoms with E-state index in [9.17, 15) is 0 Å². The minimum Gasteiger partial charge on any atom is -0.492 e. The second-order valence-corrected chi connectivity index (χ2v) is 7.04. The summed E-state index contributed by atoms with van der Waals surface area (Å²) in [5, 5.41) is 5.15. The van der Waals surface area contributed by atoms with Crippen LogP contribution in [0, 0.1) is 0 Å². The summed E-state index contributed by atoms with van der Waals surface area (Å²) in [7, 11) is 4.07. The zero-order chi connectivity index (χ0) is 17.4. The van der Waals surface area contributed by atoms with Crippen LogP contribution in [-0.4, -0.2) is 61.3 Å². The highest BCUT2D eigenvalue weighted by atomic mass is 35.5. The standard InChI is InChI=1S/C16H25Cl2N3OS/c1-12(2)21(16(23)19-5-6-20(3)4)7-8-22-15-10-13(17)9-14(18)11-15/h9-12H,5-8H2,1-4H3,(H,19,23). The topological polar surface area (TPSA) is 27.7 Å². The van der Waals surface area contributed by atoms with Crippen LogP contribution in [-0.2, 0) is 0 Å². The van der Waals surface area contributed by atoms with E-state index in [1.807, 2.05) is 14.1 Å². The van der Waals surface area contributed by atoms with Crippen molar-refractivity contribution in [2.75, 3.05) is 40.3 Å². The Labute approximate surface area is 154 Å². The second kappa shape index (κ2) is 10.2. The third-order valence-corrected chi connectivity index (χ3v) is 3.97. The van der Waals surface area contributed by atoms with Crippen LogP contribution in [0.1, 0.15) is 13.8 Å². The molecular formula is C16H25Cl2N3OS. The van der Waals surface area contributed by atoms with Crippen LogP contribution < -0.4 is 10.1 Å². The number of likely N-dealkylation sites (N-methyl/N-ethyl adjacent to an activating group) is 1. The molecule has 0 spiro atoms. The van der Waals surface area contributed by atoms with Crippen LogP contribution in [0.3, 0.4) is 0 Å². The molecule has 23 heavy (non-hydrogen) atoms. The van der Waals surface area contributed by atoms with Gasteiger partial charge < -0.3 is 19.9 Å². The maximum Gasteiger partial charge on any atom is 0.169 e. The van der Waals surface area contributed by atoms with Crippen LogP contribution in [0.15, 0.2) is 18.2 Å². The predicted octanol–water partition coefficient (Wildman–Crippen LogP) is 3.52. The van der Waals surface area contributed by atoms with E-state index in [1.54, 1.807) is 18.2 Å². The molecule has 0 radical (unpaired) electrons. The van der Waals surface area contributed by atoms with Gasteiger partial charge in [-0.1, -0.05) is 23.2 Å². The molecule has 0 saturated heterocycles. The van der Waals surface area contributed by atoms with E-state index < -0.39 is 0 Å². The molecule has 1 aromatic carbocycles. The number of hydrogen-bond acceptors (Lipinski definition) is 3. The molecule has 0 aliphatic rings. The molecule has 0 unspecified atom stereocenters. The van der Waals surface area contributed by atoms with Gasteiger partial charge in [0.15, 0.2) is 5.11 Å². The minimum atomic E-state index is 0.293. The summed E-state index contributed by atoms with van der Waals surface area (Å²) in [6.45, 7) is 7.16. The Balaban J connectivity index is 2.48. The first kappa shape index (κ1) is 20.3. The van der Waals surface area contributed by atoms with E-state index in [1.165, 1.54) is 0 Å². The smallest absolute Gasteiger partial charge is 0.169 e. The molecule has 0 amide bonds. The highest BCUT2D eigenvalue weighted by molar-refractivity contribution is 7.80. The minimum absolute atomic E-state index is 0.293. The third kappa shape index (κ3) is 8.06. The van der Waals surface area contributed by atoms with Crippen molar-refractivity contribution < 1.29 is 4.74 Å². The molecule has 1 N–H and O–H groups in total. The van der Waals surface area contributed by atoms with E-state index in [0.29, 0.717) is 35.0 Å². The van der Waals surface area contributed by atoms with Crippen LogP contribution in [0.25, 0.3) is 0 Å². The lowest BCUT2D eigenvalue weighted by atomic mass is 10.3. The molecule has 130 valence electrons. The van der Waals surface area contributed by atoms with Gasteiger partial charge in [-0.05, 0) is 58.4 Å². The molecule has 1 rings (SSSR count). The second-order valence-electron chi connectivity index (χ2n) is 5.78.